The number of primary amides is 1. The van der Waals surface area contributed by atoms with Gasteiger partial charge in [-0.15, -0.1) is 0 Å². The van der Waals surface area contributed by atoms with Gasteiger partial charge in [-0.05, 0) is 17.7 Å². The summed E-state index contributed by atoms with van der Waals surface area (Å²) < 4.78 is 4.93. The first-order chi connectivity index (χ1) is 8.38. The monoisotopic (exact) mass is 249 g/mol. The number of carbonyl (C=O) groups excluding carboxylic acids is 1. The van der Waals surface area contributed by atoms with Crippen LogP contribution in [0.2, 0.25) is 0 Å². The number of H-pyrrole nitrogens is 1. The summed E-state index contributed by atoms with van der Waals surface area (Å²) in [5, 5.41) is 2.58. The van der Waals surface area contributed by atoms with Crippen LogP contribution < -0.4 is 16.8 Å². The zero-order valence-corrected chi connectivity index (χ0v) is 10.2. The van der Waals surface area contributed by atoms with Crippen molar-refractivity contribution in [3.63, 3.8) is 0 Å². The van der Waals surface area contributed by atoms with E-state index in [2.05, 4.69) is 10.3 Å². The smallest absolute Gasteiger partial charge is 0.408 e. The van der Waals surface area contributed by atoms with E-state index in [1.807, 2.05) is 26.0 Å². The van der Waals surface area contributed by atoms with Gasteiger partial charge in [0.25, 0.3) is 0 Å². The molecule has 0 radical (unpaired) electrons. The Kier molecular flexibility index (Phi) is 2.86. The molecule has 0 bridgehead atoms. The van der Waals surface area contributed by atoms with Gasteiger partial charge in [0.05, 0.1) is 5.52 Å². The van der Waals surface area contributed by atoms with Crippen molar-refractivity contribution in [2.75, 3.05) is 6.54 Å². The third-order valence-corrected chi connectivity index (χ3v) is 2.90. The molecule has 0 unspecified atom stereocenters. The van der Waals surface area contributed by atoms with Crippen molar-refractivity contribution >= 4 is 17.1 Å². The summed E-state index contributed by atoms with van der Waals surface area (Å²) in [6.07, 6.45) is 0. The number of nitrogens with two attached hydrogens (primary N) is 1. The standard InChI is InChI=1S/C12H15N3O3/c1-12(2,6-14-10(13)16)7-3-4-9-8(5-7)15-11(17)18-9/h3-5H,6H2,1-2H3,(H,15,17)(H3,13,14,16). The average Bonchev–Trinajstić information content (AvgIpc) is 2.65. The molecule has 4 N–H and O–H groups in total. The Hall–Kier alpha value is -2.24. The number of hydrogen-bond acceptors (Lipinski definition) is 3. The first-order valence-corrected chi connectivity index (χ1v) is 5.55. The van der Waals surface area contributed by atoms with E-state index in [9.17, 15) is 9.59 Å². The minimum atomic E-state index is -0.555. The molecular formula is C12H15N3O3. The normalized spacial score (nSPS) is 11.7. The van der Waals surface area contributed by atoms with Crippen LogP contribution in [0.25, 0.3) is 11.1 Å². The molecule has 1 heterocycles. The van der Waals surface area contributed by atoms with Crippen molar-refractivity contribution in [2.45, 2.75) is 19.3 Å². The van der Waals surface area contributed by atoms with Gasteiger partial charge in [0.2, 0.25) is 0 Å². The van der Waals surface area contributed by atoms with Crippen molar-refractivity contribution in [3.05, 3.63) is 34.3 Å². The molecule has 2 amide bonds. The summed E-state index contributed by atoms with van der Waals surface area (Å²) in [4.78, 5) is 24.4. The zero-order valence-electron chi connectivity index (χ0n) is 10.2. The summed E-state index contributed by atoms with van der Waals surface area (Å²) in [6.45, 7) is 4.36. The quantitative estimate of drug-likeness (QED) is 0.758. The van der Waals surface area contributed by atoms with Gasteiger partial charge in [0.15, 0.2) is 5.58 Å². The fourth-order valence-electron chi connectivity index (χ4n) is 1.78. The minimum Gasteiger partial charge on any atom is -0.408 e. The van der Waals surface area contributed by atoms with Crippen LogP contribution in [0.3, 0.4) is 0 Å². The second-order valence-electron chi connectivity index (χ2n) is 4.83. The highest BCUT2D eigenvalue weighted by Crippen LogP contribution is 2.25. The summed E-state index contributed by atoms with van der Waals surface area (Å²) in [7, 11) is 0. The lowest BCUT2D eigenvalue weighted by Gasteiger charge is -2.25. The van der Waals surface area contributed by atoms with Crippen molar-refractivity contribution in [1.29, 1.82) is 0 Å². The van der Waals surface area contributed by atoms with Gasteiger partial charge in [-0.1, -0.05) is 19.9 Å². The fourth-order valence-corrected chi connectivity index (χ4v) is 1.78. The highest BCUT2D eigenvalue weighted by molar-refractivity contribution is 5.74. The van der Waals surface area contributed by atoms with Crippen molar-refractivity contribution in [2.24, 2.45) is 5.73 Å². The van der Waals surface area contributed by atoms with Gasteiger partial charge >= 0.3 is 11.8 Å². The number of aromatic amines is 1. The second-order valence-corrected chi connectivity index (χ2v) is 4.83. The van der Waals surface area contributed by atoms with Gasteiger partial charge in [0.1, 0.15) is 0 Å². The van der Waals surface area contributed by atoms with E-state index in [1.165, 1.54) is 0 Å². The van der Waals surface area contributed by atoms with Crippen molar-refractivity contribution in [3.8, 4) is 0 Å². The summed E-state index contributed by atoms with van der Waals surface area (Å²) in [6, 6.07) is 4.88. The van der Waals surface area contributed by atoms with Gasteiger partial charge in [-0.2, -0.15) is 0 Å². The molecule has 0 saturated heterocycles. The largest absolute Gasteiger partial charge is 0.417 e. The van der Waals surface area contributed by atoms with Crippen molar-refractivity contribution in [1.82, 2.24) is 10.3 Å². The number of benzene rings is 1. The van der Waals surface area contributed by atoms with Crippen LogP contribution >= 0.6 is 0 Å². The number of urea groups is 1. The number of rotatable bonds is 3. The molecule has 0 fully saturated rings. The van der Waals surface area contributed by atoms with E-state index in [0.29, 0.717) is 17.6 Å². The molecule has 6 heteroatoms. The Morgan fingerprint density at radius 2 is 2.22 bits per heavy atom. The van der Waals surface area contributed by atoms with E-state index in [0.717, 1.165) is 5.56 Å². The fraction of sp³-hybridized carbons (Fsp3) is 0.333. The van der Waals surface area contributed by atoms with Gasteiger partial charge in [-0.25, -0.2) is 9.59 Å². The Labute approximate surface area is 103 Å². The molecule has 6 nitrogen and oxygen atoms in total. The summed E-state index contributed by atoms with van der Waals surface area (Å²) >= 11 is 0. The number of aromatic nitrogens is 1. The third-order valence-electron chi connectivity index (χ3n) is 2.90. The molecule has 18 heavy (non-hydrogen) atoms. The Balaban J connectivity index is 2.34. The third kappa shape index (κ3) is 2.37. The van der Waals surface area contributed by atoms with Gasteiger partial charge in [0, 0.05) is 12.0 Å². The van der Waals surface area contributed by atoms with Gasteiger partial charge < -0.3 is 15.5 Å². The lowest BCUT2D eigenvalue weighted by molar-refractivity contribution is 0.246. The average molecular weight is 249 g/mol. The number of oxazole rings is 1. The molecule has 0 spiro atoms. The van der Waals surface area contributed by atoms with E-state index in [4.69, 9.17) is 10.2 Å². The van der Waals surface area contributed by atoms with E-state index in [-0.39, 0.29) is 5.41 Å². The number of nitrogens with one attached hydrogen (secondary N) is 2. The van der Waals surface area contributed by atoms with Crippen LogP contribution in [0.4, 0.5) is 4.79 Å². The predicted molar refractivity (Wildman–Crippen MR) is 67.4 cm³/mol. The molecule has 0 aliphatic heterocycles. The molecule has 1 aromatic carbocycles. The van der Waals surface area contributed by atoms with Crippen LogP contribution in [0.1, 0.15) is 19.4 Å². The minimum absolute atomic E-state index is 0.294. The second kappa shape index (κ2) is 4.21. The van der Waals surface area contributed by atoms with Crippen LogP contribution in [0.15, 0.2) is 27.4 Å². The lowest BCUT2D eigenvalue weighted by Crippen LogP contribution is -2.39. The number of amides is 2. The molecule has 0 saturated carbocycles. The topological polar surface area (TPSA) is 101 Å². The highest BCUT2D eigenvalue weighted by Gasteiger charge is 2.21. The molecule has 0 aliphatic rings. The lowest BCUT2D eigenvalue weighted by atomic mass is 9.84. The van der Waals surface area contributed by atoms with Crippen LogP contribution in [0.5, 0.6) is 0 Å². The molecule has 0 atom stereocenters. The number of fused-ring (bicyclic) bond motifs is 1. The Morgan fingerprint density at radius 3 is 2.89 bits per heavy atom. The van der Waals surface area contributed by atoms with Crippen LogP contribution in [-0.2, 0) is 5.41 Å². The summed E-state index contributed by atoms with van der Waals surface area (Å²) in [5.41, 5.74) is 6.90. The van der Waals surface area contributed by atoms with Crippen LogP contribution in [-0.4, -0.2) is 17.6 Å². The highest BCUT2D eigenvalue weighted by atomic mass is 16.4. The molecule has 2 rings (SSSR count). The number of hydrogen-bond donors (Lipinski definition) is 3. The first kappa shape index (κ1) is 12.2. The molecule has 1 aromatic heterocycles. The molecular weight excluding hydrogens is 234 g/mol. The maximum absolute atomic E-state index is 11.1. The molecule has 0 aliphatic carbocycles. The Bertz CT molecular complexity index is 639. The van der Waals surface area contributed by atoms with E-state index in [1.54, 1.807) is 6.07 Å². The molecule has 2 aromatic rings. The van der Waals surface area contributed by atoms with Gasteiger partial charge in [-0.3, -0.25) is 4.98 Å². The predicted octanol–water partition coefficient (Wildman–Crippen LogP) is 1.07. The summed E-state index contributed by atoms with van der Waals surface area (Å²) in [5.74, 6) is -0.477. The first-order valence-electron chi connectivity index (χ1n) is 5.55. The maximum atomic E-state index is 11.1. The SMILES string of the molecule is CC(C)(CNC(N)=O)c1ccc2oc(=O)[nH]c2c1. The van der Waals surface area contributed by atoms with Crippen molar-refractivity contribution < 1.29 is 9.21 Å². The zero-order chi connectivity index (χ0) is 13.3. The maximum Gasteiger partial charge on any atom is 0.417 e. The van der Waals surface area contributed by atoms with E-state index < -0.39 is 11.8 Å². The number of carbonyl (C=O) groups is 1. The van der Waals surface area contributed by atoms with E-state index >= 15 is 0 Å². The Morgan fingerprint density at radius 1 is 1.50 bits per heavy atom. The molecule has 96 valence electrons. The van der Waals surface area contributed by atoms with Crippen LogP contribution in [0, 0.1) is 0 Å².